The SMILES string of the molecule is COC(=O)CCC(=O)NC(=S)Nc1ccc(NC(=O)c2ccccc2)cc1. The molecule has 2 amide bonds. The molecule has 8 heteroatoms. The minimum absolute atomic E-state index is 0.0131. The molecule has 140 valence electrons. The zero-order valence-corrected chi connectivity index (χ0v) is 15.5. The van der Waals surface area contributed by atoms with Crippen molar-refractivity contribution >= 4 is 46.5 Å². The number of carbonyl (C=O) groups excluding carboxylic acids is 3. The number of benzene rings is 2. The predicted octanol–water partition coefficient (Wildman–Crippen LogP) is 2.71. The van der Waals surface area contributed by atoms with Crippen LogP contribution in [0.5, 0.6) is 0 Å². The zero-order valence-electron chi connectivity index (χ0n) is 14.7. The van der Waals surface area contributed by atoms with Gasteiger partial charge in [-0.2, -0.15) is 0 Å². The van der Waals surface area contributed by atoms with Crippen LogP contribution in [0.2, 0.25) is 0 Å². The van der Waals surface area contributed by atoms with Crippen LogP contribution in [0, 0.1) is 0 Å². The van der Waals surface area contributed by atoms with Crippen LogP contribution in [0.25, 0.3) is 0 Å². The normalized spacial score (nSPS) is 9.81. The van der Waals surface area contributed by atoms with Gasteiger partial charge in [-0.15, -0.1) is 0 Å². The summed E-state index contributed by atoms with van der Waals surface area (Å²) in [6.45, 7) is 0. The second-order valence-corrected chi connectivity index (χ2v) is 5.88. The Morgan fingerprint density at radius 3 is 2.07 bits per heavy atom. The molecule has 0 bridgehead atoms. The van der Waals surface area contributed by atoms with Crippen LogP contribution in [0.1, 0.15) is 23.2 Å². The molecule has 0 radical (unpaired) electrons. The summed E-state index contributed by atoms with van der Waals surface area (Å²) < 4.78 is 4.47. The molecule has 2 aromatic carbocycles. The number of carbonyl (C=O) groups is 3. The van der Waals surface area contributed by atoms with E-state index < -0.39 is 5.97 Å². The molecule has 0 heterocycles. The fraction of sp³-hybridized carbons (Fsp3) is 0.158. The minimum Gasteiger partial charge on any atom is -0.469 e. The highest BCUT2D eigenvalue weighted by atomic mass is 32.1. The van der Waals surface area contributed by atoms with Crippen molar-refractivity contribution in [2.45, 2.75) is 12.8 Å². The molecule has 0 aromatic heterocycles. The number of hydrogen-bond donors (Lipinski definition) is 3. The molecule has 3 N–H and O–H groups in total. The molecule has 0 unspecified atom stereocenters. The Balaban J connectivity index is 1.82. The van der Waals surface area contributed by atoms with Crippen LogP contribution in [0.3, 0.4) is 0 Å². The molecular formula is C19H19N3O4S. The number of rotatable bonds is 6. The first-order valence-electron chi connectivity index (χ1n) is 8.12. The maximum atomic E-state index is 12.1. The van der Waals surface area contributed by atoms with Crippen molar-refractivity contribution in [2.75, 3.05) is 17.7 Å². The largest absolute Gasteiger partial charge is 0.469 e. The highest BCUT2D eigenvalue weighted by Gasteiger charge is 2.09. The van der Waals surface area contributed by atoms with Crippen molar-refractivity contribution in [1.29, 1.82) is 0 Å². The van der Waals surface area contributed by atoms with E-state index in [4.69, 9.17) is 12.2 Å². The molecule has 0 atom stereocenters. The van der Waals surface area contributed by atoms with E-state index in [9.17, 15) is 14.4 Å². The Kier molecular flexibility index (Phi) is 7.45. The summed E-state index contributed by atoms with van der Waals surface area (Å²) in [6, 6.07) is 15.7. The number of anilines is 2. The predicted molar refractivity (Wildman–Crippen MR) is 106 cm³/mol. The van der Waals surface area contributed by atoms with Gasteiger partial charge in [0.2, 0.25) is 5.91 Å². The van der Waals surface area contributed by atoms with E-state index in [1.54, 1.807) is 48.5 Å². The number of methoxy groups -OCH3 is 1. The van der Waals surface area contributed by atoms with Gasteiger partial charge >= 0.3 is 5.97 Å². The first kappa shape index (κ1) is 20.1. The highest BCUT2D eigenvalue weighted by Crippen LogP contribution is 2.14. The second-order valence-electron chi connectivity index (χ2n) is 5.48. The molecule has 2 rings (SSSR count). The molecule has 0 spiro atoms. The van der Waals surface area contributed by atoms with Gasteiger partial charge in [-0.25, -0.2) is 0 Å². The van der Waals surface area contributed by atoms with E-state index >= 15 is 0 Å². The second kappa shape index (κ2) is 10.0. The highest BCUT2D eigenvalue weighted by molar-refractivity contribution is 7.80. The van der Waals surface area contributed by atoms with E-state index in [1.165, 1.54) is 7.11 Å². The number of ether oxygens (including phenoxy) is 1. The summed E-state index contributed by atoms with van der Waals surface area (Å²) in [7, 11) is 1.26. The Labute approximate surface area is 162 Å². The molecule has 0 saturated carbocycles. The standard InChI is InChI=1S/C19H19N3O4S/c1-26-17(24)12-11-16(23)22-19(27)21-15-9-7-14(8-10-15)20-18(25)13-5-3-2-4-6-13/h2-10H,11-12H2,1H3,(H,20,25)(H2,21,22,23,27). The van der Waals surface area contributed by atoms with Gasteiger partial charge in [0.05, 0.1) is 13.5 Å². The van der Waals surface area contributed by atoms with Gasteiger partial charge in [0, 0.05) is 23.4 Å². The molecule has 2 aromatic rings. The lowest BCUT2D eigenvalue weighted by molar-refractivity contribution is -0.142. The van der Waals surface area contributed by atoms with Crippen molar-refractivity contribution in [3.05, 3.63) is 60.2 Å². The van der Waals surface area contributed by atoms with Gasteiger partial charge in [-0.05, 0) is 48.6 Å². The van der Waals surface area contributed by atoms with E-state index in [0.717, 1.165) is 0 Å². The number of esters is 1. The third-order valence-electron chi connectivity index (χ3n) is 3.47. The van der Waals surface area contributed by atoms with Crippen LogP contribution in [-0.2, 0) is 14.3 Å². The minimum atomic E-state index is -0.461. The Bertz CT molecular complexity index is 823. The summed E-state index contributed by atoms with van der Waals surface area (Å²) in [6.07, 6.45) is -0.0281. The van der Waals surface area contributed by atoms with E-state index in [2.05, 4.69) is 20.7 Å². The van der Waals surface area contributed by atoms with Gasteiger partial charge in [0.1, 0.15) is 0 Å². The van der Waals surface area contributed by atoms with Gasteiger partial charge < -0.3 is 20.7 Å². The van der Waals surface area contributed by atoms with Crippen LogP contribution < -0.4 is 16.0 Å². The molecule has 0 aliphatic carbocycles. The topological polar surface area (TPSA) is 96.5 Å². The lowest BCUT2D eigenvalue weighted by Gasteiger charge is -2.10. The Hall–Kier alpha value is -3.26. The molecule has 0 fully saturated rings. The van der Waals surface area contributed by atoms with Crippen molar-refractivity contribution in [3.63, 3.8) is 0 Å². The van der Waals surface area contributed by atoms with Crippen molar-refractivity contribution in [1.82, 2.24) is 5.32 Å². The quantitative estimate of drug-likeness (QED) is 0.523. The first-order chi connectivity index (χ1) is 13.0. The van der Waals surface area contributed by atoms with Gasteiger partial charge in [-0.3, -0.25) is 14.4 Å². The third kappa shape index (κ3) is 6.87. The smallest absolute Gasteiger partial charge is 0.306 e. The van der Waals surface area contributed by atoms with Gasteiger partial charge in [0.15, 0.2) is 5.11 Å². The molecular weight excluding hydrogens is 366 g/mol. The summed E-state index contributed by atoms with van der Waals surface area (Å²) in [4.78, 5) is 34.8. The molecule has 0 saturated heterocycles. The fourth-order valence-corrected chi connectivity index (χ4v) is 2.33. The van der Waals surface area contributed by atoms with Crippen molar-refractivity contribution < 1.29 is 19.1 Å². The average molecular weight is 385 g/mol. The number of thiocarbonyl (C=S) groups is 1. The maximum Gasteiger partial charge on any atom is 0.306 e. The number of amides is 2. The summed E-state index contributed by atoms with van der Waals surface area (Å²) in [5.74, 6) is -1.05. The lowest BCUT2D eigenvalue weighted by atomic mass is 10.2. The van der Waals surface area contributed by atoms with E-state index in [-0.39, 0.29) is 29.8 Å². The van der Waals surface area contributed by atoms with Crippen molar-refractivity contribution in [2.24, 2.45) is 0 Å². The first-order valence-corrected chi connectivity index (χ1v) is 8.53. The van der Waals surface area contributed by atoms with Gasteiger partial charge in [-0.1, -0.05) is 18.2 Å². The van der Waals surface area contributed by atoms with Crippen LogP contribution >= 0.6 is 12.2 Å². The number of nitrogens with one attached hydrogen (secondary N) is 3. The average Bonchev–Trinajstić information content (AvgIpc) is 2.68. The summed E-state index contributed by atoms with van der Waals surface area (Å²) >= 11 is 5.06. The van der Waals surface area contributed by atoms with Crippen molar-refractivity contribution in [3.8, 4) is 0 Å². The Morgan fingerprint density at radius 1 is 0.889 bits per heavy atom. The van der Waals surface area contributed by atoms with Gasteiger partial charge in [0.25, 0.3) is 5.91 Å². The van der Waals surface area contributed by atoms with E-state index in [1.807, 2.05) is 6.07 Å². The van der Waals surface area contributed by atoms with Crippen LogP contribution in [0.15, 0.2) is 54.6 Å². The number of hydrogen-bond acceptors (Lipinski definition) is 5. The summed E-state index contributed by atoms with van der Waals surface area (Å²) in [5, 5.41) is 8.24. The molecule has 7 nitrogen and oxygen atoms in total. The summed E-state index contributed by atoms with van der Waals surface area (Å²) in [5.41, 5.74) is 1.84. The molecule has 27 heavy (non-hydrogen) atoms. The third-order valence-corrected chi connectivity index (χ3v) is 3.68. The molecule has 0 aliphatic rings. The molecule has 0 aliphatic heterocycles. The van der Waals surface area contributed by atoms with Crippen LogP contribution in [-0.4, -0.2) is 30.0 Å². The Morgan fingerprint density at radius 2 is 1.48 bits per heavy atom. The van der Waals surface area contributed by atoms with E-state index in [0.29, 0.717) is 16.9 Å². The maximum absolute atomic E-state index is 12.1. The zero-order chi connectivity index (χ0) is 19.6. The monoisotopic (exact) mass is 385 g/mol. The van der Waals surface area contributed by atoms with Crippen LogP contribution in [0.4, 0.5) is 11.4 Å². The fourth-order valence-electron chi connectivity index (χ4n) is 2.10. The lowest BCUT2D eigenvalue weighted by Crippen LogP contribution is -2.34.